The lowest BCUT2D eigenvalue weighted by atomic mass is 10.2. The first-order valence-corrected chi connectivity index (χ1v) is 5.80. The van der Waals surface area contributed by atoms with Gasteiger partial charge in [0.05, 0.1) is 11.1 Å². The molecular weight excluding hydrogens is 258 g/mol. The zero-order valence-electron chi connectivity index (χ0n) is 8.79. The summed E-state index contributed by atoms with van der Waals surface area (Å²) < 4.78 is 6.25. The Morgan fingerprint density at radius 2 is 2.27 bits per heavy atom. The normalized spacial score (nSPS) is 10.3. The molecule has 0 saturated carbocycles. The van der Waals surface area contributed by atoms with Gasteiger partial charge in [-0.15, -0.1) is 0 Å². The zero-order chi connectivity index (χ0) is 11.1. The SMILES string of the molecule is CCNCc1ccc(OCCO)c(Br)c1. The minimum atomic E-state index is 0.0333. The van der Waals surface area contributed by atoms with Gasteiger partial charge in [-0.25, -0.2) is 0 Å². The summed E-state index contributed by atoms with van der Waals surface area (Å²) in [4.78, 5) is 0. The number of hydrogen-bond acceptors (Lipinski definition) is 3. The third-order valence-corrected chi connectivity index (χ3v) is 2.54. The number of rotatable bonds is 6. The molecular formula is C11H16BrNO2. The van der Waals surface area contributed by atoms with Crippen LogP contribution < -0.4 is 10.1 Å². The van der Waals surface area contributed by atoms with E-state index < -0.39 is 0 Å². The average molecular weight is 274 g/mol. The van der Waals surface area contributed by atoms with Gasteiger partial charge in [0.25, 0.3) is 0 Å². The Bertz CT molecular complexity index is 305. The molecule has 0 bridgehead atoms. The van der Waals surface area contributed by atoms with Crippen molar-refractivity contribution in [2.45, 2.75) is 13.5 Å². The maximum atomic E-state index is 8.64. The standard InChI is InChI=1S/C11H16BrNO2/c1-2-13-8-9-3-4-11(10(12)7-9)15-6-5-14/h3-4,7,13-14H,2,5-6,8H2,1H3. The van der Waals surface area contributed by atoms with Crippen molar-refractivity contribution in [1.82, 2.24) is 5.32 Å². The molecule has 0 heterocycles. The minimum absolute atomic E-state index is 0.0333. The van der Waals surface area contributed by atoms with E-state index in [0.29, 0.717) is 6.61 Å². The van der Waals surface area contributed by atoms with Gasteiger partial charge in [0, 0.05) is 6.54 Å². The van der Waals surface area contributed by atoms with Gasteiger partial charge in [-0.1, -0.05) is 13.0 Å². The van der Waals surface area contributed by atoms with Gasteiger partial charge in [0.1, 0.15) is 12.4 Å². The molecule has 0 unspecified atom stereocenters. The van der Waals surface area contributed by atoms with Crippen molar-refractivity contribution < 1.29 is 9.84 Å². The van der Waals surface area contributed by atoms with Gasteiger partial charge >= 0.3 is 0 Å². The molecule has 0 spiro atoms. The molecule has 3 nitrogen and oxygen atoms in total. The van der Waals surface area contributed by atoms with E-state index in [1.165, 1.54) is 5.56 Å². The number of aliphatic hydroxyl groups is 1. The zero-order valence-corrected chi connectivity index (χ0v) is 10.4. The Morgan fingerprint density at radius 3 is 2.87 bits per heavy atom. The quantitative estimate of drug-likeness (QED) is 0.833. The Labute approximate surface area is 98.6 Å². The van der Waals surface area contributed by atoms with Crippen LogP contribution in [0, 0.1) is 0 Å². The average Bonchev–Trinajstić information content (AvgIpc) is 2.25. The fourth-order valence-electron chi connectivity index (χ4n) is 1.20. The van der Waals surface area contributed by atoms with Gasteiger partial charge < -0.3 is 15.2 Å². The van der Waals surface area contributed by atoms with E-state index in [0.717, 1.165) is 23.3 Å². The number of aliphatic hydroxyl groups excluding tert-OH is 1. The Morgan fingerprint density at radius 1 is 1.47 bits per heavy atom. The first-order valence-electron chi connectivity index (χ1n) is 5.00. The summed E-state index contributed by atoms with van der Waals surface area (Å²) in [5.74, 6) is 0.768. The van der Waals surface area contributed by atoms with Crippen molar-refractivity contribution >= 4 is 15.9 Å². The summed E-state index contributed by atoms with van der Waals surface area (Å²) in [6, 6.07) is 5.95. The summed E-state index contributed by atoms with van der Waals surface area (Å²) in [7, 11) is 0. The third kappa shape index (κ3) is 4.20. The first-order chi connectivity index (χ1) is 7.27. The molecule has 2 N–H and O–H groups in total. The van der Waals surface area contributed by atoms with E-state index in [2.05, 4.69) is 28.2 Å². The van der Waals surface area contributed by atoms with Crippen molar-refractivity contribution in [3.05, 3.63) is 28.2 Å². The maximum Gasteiger partial charge on any atom is 0.133 e. The Hall–Kier alpha value is -0.580. The summed E-state index contributed by atoms with van der Waals surface area (Å²) in [6.07, 6.45) is 0. The van der Waals surface area contributed by atoms with Crippen molar-refractivity contribution in [3.63, 3.8) is 0 Å². The van der Waals surface area contributed by atoms with Crippen LogP contribution in [-0.4, -0.2) is 24.9 Å². The second-order valence-electron chi connectivity index (χ2n) is 3.12. The molecule has 1 aromatic rings. The topological polar surface area (TPSA) is 41.5 Å². The summed E-state index contributed by atoms with van der Waals surface area (Å²) in [5, 5.41) is 11.9. The van der Waals surface area contributed by atoms with Crippen LogP contribution in [0.15, 0.2) is 22.7 Å². The molecule has 1 rings (SSSR count). The molecule has 0 aromatic heterocycles. The number of ether oxygens (including phenoxy) is 1. The maximum absolute atomic E-state index is 8.64. The lowest BCUT2D eigenvalue weighted by Crippen LogP contribution is -2.11. The van der Waals surface area contributed by atoms with Gasteiger partial charge in [0.2, 0.25) is 0 Å². The molecule has 15 heavy (non-hydrogen) atoms. The van der Waals surface area contributed by atoms with Gasteiger partial charge in [-0.05, 0) is 40.2 Å². The lowest BCUT2D eigenvalue weighted by molar-refractivity contribution is 0.200. The number of benzene rings is 1. The highest BCUT2D eigenvalue weighted by Crippen LogP contribution is 2.25. The van der Waals surface area contributed by atoms with E-state index >= 15 is 0 Å². The van der Waals surface area contributed by atoms with Crippen LogP contribution in [-0.2, 0) is 6.54 Å². The van der Waals surface area contributed by atoms with Crippen molar-refractivity contribution in [3.8, 4) is 5.75 Å². The molecule has 0 amide bonds. The van der Waals surface area contributed by atoms with E-state index in [1.54, 1.807) is 0 Å². The molecule has 0 aliphatic rings. The van der Waals surface area contributed by atoms with Crippen molar-refractivity contribution in [2.75, 3.05) is 19.8 Å². The summed E-state index contributed by atoms with van der Waals surface area (Å²) in [6.45, 7) is 4.25. The predicted octanol–water partition coefficient (Wildman–Crippen LogP) is 1.93. The Balaban J connectivity index is 2.61. The van der Waals surface area contributed by atoms with Crippen LogP contribution in [0.5, 0.6) is 5.75 Å². The molecule has 0 radical (unpaired) electrons. The fourth-order valence-corrected chi connectivity index (χ4v) is 1.74. The monoisotopic (exact) mass is 273 g/mol. The second-order valence-corrected chi connectivity index (χ2v) is 3.97. The summed E-state index contributed by atoms with van der Waals surface area (Å²) >= 11 is 3.43. The molecule has 0 fully saturated rings. The van der Waals surface area contributed by atoms with Crippen molar-refractivity contribution in [2.24, 2.45) is 0 Å². The minimum Gasteiger partial charge on any atom is -0.490 e. The van der Waals surface area contributed by atoms with Crippen LogP contribution in [0.2, 0.25) is 0 Å². The molecule has 0 aliphatic carbocycles. The third-order valence-electron chi connectivity index (χ3n) is 1.92. The first kappa shape index (κ1) is 12.5. The van der Waals surface area contributed by atoms with E-state index in [4.69, 9.17) is 9.84 Å². The summed E-state index contributed by atoms with van der Waals surface area (Å²) in [5.41, 5.74) is 1.21. The number of hydrogen-bond donors (Lipinski definition) is 2. The largest absolute Gasteiger partial charge is 0.490 e. The molecule has 1 aromatic carbocycles. The van der Waals surface area contributed by atoms with Crippen molar-refractivity contribution in [1.29, 1.82) is 0 Å². The van der Waals surface area contributed by atoms with Crippen LogP contribution in [0.4, 0.5) is 0 Å². The molecule has 84 valence electrons. The van der Waals surface area contributed by atoms with Crippen LogP contribution in [0.1, 0.15) is 12.5 Å². The predicted molar refractivity (Wildman–Crippen MR) is 64.1 cm³/mol. The smallest absolute Gasteiger partial charge is 0.133 e. The molecule has 0 saturated heterocycles. The molecule has 4 heteroatoms. The highest BCUT2D eigenvalue weighted by atomic mass is 79.9. The number of nitrogens with one attached hydrogen (secondary N) is 1. The highest BCUT2D eigenvalue weighted by Gasteiger charge is 2.01. The highest BCUT2D eigenvalue weighted by molar-refractivity contribution is 9.10. The second kappa shape index (κ2) is 6.82. The van der Waals surface area contributed by atoms with E-state index in [-0.39, 0.29) is 6.61 Å². The lowest BCUT2D eigenvalue weighted by Gasteiger charge is -2.08. The van der Waals surface area contributed by atoms with E-state index in [9.17, 15) is 0 Å². The van der Waals surface area contributed by atoms with Crippen LogP contribution in [0.3, 0.4) is 0 Å². The van der Waals surface area contributed by atoms with Gasteiger partial charge in [-0.3, -0.25) is 0 Å². The van der Waals surface area contributed by atoms with E-state index in [1.807, 2.05) is 18.2 Å². The molecule has 0 aliphatic heterocycles. The Kier molecular flexibility index (Phi) is 5.68. The van der Waals surface area contributed by atoms with Crippen LogP contribution >= 0.6 is 15.9 Å². The molecule has 0 atom stereocenters. The van der Waals surface area contributed by atoms with Gasteiger partial charge in [0.15, 0.2) is 0 Å². The van der Waals surface area contributed by atoms with Crippen LogP contribution in [0.25, 0.3) is 0 Å². The fraction of sp³-hybridized carbons (Fsp3) is 0.455. The van der Waals surface area contributed by atoms with Gasteiger partial charge in [-0.2, -0.15) is 0 Å². The number of halogens is 1.